The van der Waals surface area contributed by atoms with Crippen molar-refractivity contribution in [1.29, 1.82) is 0 Å². The maximum atomic E-state index is 12.5. The minimum Gasteiger partial charge on any atom is -0.382 e. The second kappa shape index (κ2) is 5.60. The van der Waals surface area contributed by atoms with E-state index < -0.39 is 11.7 Å². The molecule has 0 saturated heterocycles. The lowest BCUT2D eigenvalue weighted by Crippen LogP contribution is -2.18. The number of rotatable bonds is 4. The number of methoxy groups -OCH3 is 1. The fourth-order valence-corrected chi connectivity index (χ4v) is 1.44. The number of hydrogen-bond acceptors (Lipinski definition) is 2. The molecule has 1 N–H and O–H groups in total. The first-order chi connectivity index (χ1) is 7.82. The summed E-state index contributed by atoms with van der Waals surface area (Å²) in [6.07, 6.45) is -4.49. The lowest BCUT2D eigenvalue weighted by molar-refractivity contribution is -0.137. The lowest BCUT2D eigenvalue weighted by Gasteiger charge is -2.14. The van der Waals surface area contributed by atoms with Gasteiger partial charge in [-0.2, -0.15) is 13.2 Å². The molecule has 0 saturated carbocycles. The zero-order valence-electron chi connectivity index (χ0n) is 9.44. The van der Waals surface area contributed by atoms with Crippen molar-refractivity contribution in [3.63, 3.8) is 0 Å². The summed E-state index contributed by atoms with van der Waals surface area (Å²) < 4.78 is 42.5. The molecule has 0 fully saturated rings. The molecule has 0 aliphatic rings. The molecule has 1 aromatic carbocycles. The Bertz CT molecular complexity index is 381. The molecule has 1 atom stereocenters. The molecule has 1 unspecified atom stereocenters. The summed E-state index contributed by atoms with van der Waals surface area (Å²) in [4.78, 5) is 0. The van der Waals surface area contributed by atoms with E-state index in [0.717, 1.165) is 12.1 Å². The summed E-state index contributed by atoms with van der Waals surface area (Å²) >= 11 is 5.63. The number of ether oxygens (including phenoxy) is 1. The molecule has 0 aliphatic carbocycles. The lowest BCUT2D eigenvalue weighted by atomic mass is 10.2. The van der Waals surface area contributed by atoms with Crippen molar-refractivity contribution in [1.82, 2.24) is 0 Å². The Balaban J connectivity index is 2.83. The highest BCUT2D eigenvalue weighted by Gasteiger charge is 2.31. The van der Waals surface area contributed by atoms with E-state index >= 15 is 0 Å². The molecule has 17 heavy (non-hydrogen) atoms. The summed E-state index contributed by atoms with van der Waals surface area (Å²) in [6.45, 7) is 2.22. The smallest absolute Gasteiger partial charge is 0.382 e. The molecule has 0 heterocycles. The van der Waals surface area contributed by atoms with Crippen molar-refractivity contribution < 1.29 is 17.9 Å². The van der Waals surface area contributed by atoms with Gasteiger partial charge in [-0.25, -0.2) is 0 Å². The predicted octanol–water partition coefficient (Wildman–Crippen LogP) is 3.81. The van der Waals surface area contributed by atoms with Crippen LogP contribution >= 0.6 is 11.6 Å². The van der Waals surface area contributed by atoms with Gasteiger partial charge in [-0.3, -0.25) is 0 Å². The molecule has 1 aromatic rings. The van der Waals surface area contributed by atoms with Gasteiger partial charge < -0.3 is 10.1 Å². The zero-order valence-corrected chi connectivity index (χ0v) is 10.2. The number of halogens is 4. The molecule has 0 aliphatic heterocycles. The Kier molecular flexibility index (Phi) is 4.65. The van der Waals surface area contributed by atoms with Crippen LogP contribution < -0.4 is 5.32 Å². The van der Waals surface area contributed by atoms with E-state index in [4.69, 9.17) is 16.3 Å². The molecule has 0 amide bonds. The van der Waals surface area contributed by atoms with Crippen molar-refractivity contribution >= 4 is 17.3 Å². The Morgan fingerprint density at radius 2 is 2.00 bits per heavy atom. The summed E-state index contributed by atoms with van der Waals surface area (Å²) in [6, 6.07) is 3.36. The third kappa shape index (κ3) is 4.44. The minimum absolute atomic E-state index is 0.0485. The fraction of sp³-hybridized carbons (Fsp3) is 0.455. The fourth-order valence-electron chi connectivity index (χ4n) is 1.20. The number of alkyl halides is 3. The van der Waals surface area contributed by atoms with Crippen LogP contribution in [0.3, 0.4) is 0 Å². The van der Waals surface area contributed by atoms with Crippen LogP contribution in [0.25, 0.3) is 0 Å². The van der Waals surface area contributed by atoms with Gasteiger partial charge in [-0.1, -0.05) is 11.6 Å². The van der Waals surface area contributed by atoms with Crippen molar-refractivity contribution in [3.8, 4) is 0 Å². The molecule has 2 nitrogen and oxygen atoms in total. The van der Waals surface area contributed by atoms with Crippen LogP contribution in [0.5, 0.6) is 0 Å². The van der Waals surface area contributed by atoms with Gasteiger partial charge in [0.25, 0.3) is 0 Å². The van der Waals surface area contributed by atoms with E-state index in [1.165, 1.54) is 13.2 Å². The van der Waals surface area contributed by atoms with Gasteiger partial charge in [-0.05, 0) is 25.1 Å². The maximum absolute atomic E-state index is 12.5. The van der Waals surface area contributed by atoms with Crippen molar-refractivity contribution in [3.05, 3.63) is 28.8 Å². The van der Waals surface area contributed by atoms with Gasteiger partial charge in [0.05, 0.1) is 11.7 Å². The molecule has 1 rings (SSSR count). The van der Waals surface area contributed by atoms with Crippen LogP contribution in [-0.4, -0.2) is 19.8 Å². The standard InChI is InChI=1S/C11H13ClF3NO/c1-7(17-2)6-16-10-4-8(11(13,14)15)3-9(12)5-10/h3-5,7,16H,6H2,1-2H3. The van der Waals surface area contributed by atoms with Gasteiger partial charge >= 0.3 is 6.18 Å². The van der Waals surface area contributed by atoms with Crippen molar-refractivity contribution in [2.24, 2.45) is 0 Å². The molecular formula is C11H13ClF3NO. The first-order valence-corrected chi connectivity index (χ1v) is 5.35. The third-order valence-corrected chi connectivity index (χ3v) is 2.44. The Hall–Kier alpha value is -0.940. The summed E-state index contributed by atoms with van der Waals surface area (Å²) in [5.41, 5.74) is -0.439. The van der Waals surface area contributed by atoms with E-state index in [2.05, 4.69) is 5.32 Å². The summed E-state index contributed by atoms with van der Waals surface area (Å²) in [5, 5.41) is 2.89. The third-order valence-electron chi connectivity index (χ3n) is 2.22. The maximum Gasteiger partial charge on any atom is 0.416 e. The second-order valence-electron chi connectivity index (χ2n) is 3.65. The predicted molar refractivity (Wildman–Crippen MR) is 61.4 cm³/mol. The van der Waals surface area contributed by atoms with Crippen LogP contribution in [-0.2, 0) is 10.9 Å². The molecular weight excluding hydrogens is 255 g/mol. The van der Waals surface area contributed by atoms with Crippen LogP contribution in [0, 0.1) is 0 Å². The van der Waals surface area contributed by atoms with Crippen LogP contribution in [0.2, 0.25) is 5.02 Å². The van der Waals surface area contributed by atoms with Crippen LogP contribution in [0.15, 0.2) is 18.2 Å². The van der Waals surface area contributed by atoms with E-state index in [1.807, 2.05) is 6.92 Å². The second-order valence-corrected chi connectivity index (χ2v) is 4.09. The van der Waals surface area contributed by atoms with Gasteiger partial charge in [0.1, 0.15) is 0 Å². The monoisotopic (exact) mass is 267 g/mol. The quantitative estimate of drug-likeness (QED) is 0.896. The van der Waals surface area contributed by atoms with Crippen LogP contribution in [0.4, 0.5) is 18.9 Å². The largest absolute Gasteiger partial charge is 0.416 e. The van der Waals surface area contributed by atoms with Gasteiger partial charge in [0.15, 0.2) is 0 Å². The topological polar surface area (TPSA) is 21.3 Å². The highest BCUT2D eigenvalue weighted by Crippen LogP contribution is 2.33. The Labute approximate surface area is 103 Å². The summed E-state index contributed by atoms with van der Waals surface area (Å²) in [7, 11) is 1.53. The number of benzene rings is 1. The van der Waals surface area contributed by atoms with E-state index in [9.17, 15) is 13.2 Å². The van der Waals surface area contributed by atoms with E-state index in [1.54, 1.807) is 0 Å². The number of hydrogen-bond donors (Lipinski definition) is 1. The Morgan fingerprint density at radius 1 is 1.35 bits per heavy atom. The molecule has 6 heteroatoms. The number of anilines is 1. The van der Waals surface area contributed by atoms with Crippen molar-refractivity contribution in [2.75, 3.05) is 19.0 Å². The highest BCUT2D eigenvalue weighted by atomic mass is 35.5. The normalized spacial score (nSPS) is 13.5. The van der Waals surface area contributed by atoms with Gasteiger partial charge in [0, 0.05) is 24.4 Å². The molecule has 0 spiro atoms. The molecule has 96 valence electrons. The first-order valence-electron chi connectivity index (χ1n) is 4.97. The number of nitrogens with one attached hydrogen (secondary N) is 1. The molecule has 0 bridgehead atoms. The van der Waals surface area contributed by atoms with Gasteiger partial charge in [0.2, 0.25) is 0 Å². The van der Waals surface area contributed by atoms with Crippen molar-refractivity contribution in [2.45, 2.75) is 19.2 Å². The SMILES string of the molecule is COC(C)CNc1cc(Cl)cc(C(F)(F)F)c1. The first kappa shape index (κ1) is 14.1. The zero-order chi connectivity index (χ0) is 13.1. The highest BCUT2D eigenvalue weighted by molar-refractivity contribution is 6.30. The average molecular weight is 268 g/mol. The minimum atomic E-state index is -4.39. The van der Waals surface area contributed by atoms with E-state index in [0.29, 0.717) is 12.2 Å². The molecule has 0 radical (unpaired) electrons. The van der Waals surface area contributed by atoms with E-state index in [-0.39, 0.29) is 11.1 Å². The molecule has 0 aromatic heterocycles. The summed E-state index contributed by atoms with van der Waals surface area (Å²) in [5.74, 6) is 0. The average Bonchev–Trinajstić information content (AvgIpc) is 2.24. The van der Waals surface area contributed by atoms with Gasteiger partial charge in [-0.15, -0.1) is 0 Å². The Morgan fingerprint density at radius 3 is 2.53 bits per heavy atom. The van der Waals surface area contributed by atoms with Crippen LogP contribution in [0.1, 0.15) is 12.5 Å².